The summed E-state index contributed by atoms with van der Waals surface area (Å²) < 4.78 is 35.8. The fourth-order valence-electron chi connectivity index (χ4n) is 3.31. The van der Waals surface area contributed by atoms with Gasteiger partial charge in [0.2, 0.25) is 5.62 Å². The van der Waals surface area contributed by atoms with Crippen LogP contribution in [0.3, 0.4) is 0 Å². The van der Waals surface area contributed by atoms with Gasteiger partial charge in [-0.2, -0.15) is 4.98 Å². The molecule has 0 radical (unpaired) electrons. The monoisotopic (exact) mass is 357 g/mol. The number of hydrogen-bond donors (Lipinski definition) is 2. The van der Waals surface area contributed by atoms with E-state index in [4.69, 9.17) is 15.9 Å². The standard InChI is InChI=1S/C18H17F2N5O/c1-10-3-2-4-13-16(10)26-8-7-24(13)17-14-12(6-5-11(19)15(14)20)25(9-21)18(22)23-17/h2-6,22H,7-9,21H2,1H3. The van der Waals surface area contributed by atoms with Crippen LogP contribution in [0.15, 0.2) is 30.3 Å². The highest BCUT2D eigenvalue weighted by atomic mass is 19.2. The van der Waals surface area contributed by atoms with Crippen molar-refractivity contribution in [3.63, 3.8) is 0 Å². The lowest BCUT2D eigenvalue weighted by atomic mass is 10.1. The van der Waals surface area contributed by atoms with Gasteiger partial charge in [-0.1, -0.05) is 12.1 Å². The molecule has 1 aromatic heterocycles. The molecule has 1 aliphatic rings. The van der Waals surface area contributed by atoms with Gasteiger partial charge in [0.25, 0.3) is 0 Å². The summed E-state index contributed by atoms with van der Waals surface area (Å²) >= 11 is 0. The van der Waals surface area contributed by atoms with E-state index in [9.17, 15) is 8.78 Å². The van der Waals surface area contributed by atoms with Gasteiger partial charge in [0.05, 0.1) is 29.8 Å². The Kier molecular flexibility index (Phi) is 3.84. The second-order valence-corrected chi connectivity index (χ2v) is 6.05. The average Bonchev–Trinajstić information content (AvgIpc) is 2.64. The highest BCUT2D eigenvalue weighted by molar-refractivity contribution is 5.93. The summed E-state index contributed by atoms with van der Waals surface area (Å²) in [5.41, 5.74) is 7.52. The van der Waals surface area contributed by atoms with Crippen molar-refractivity contribution in [3.8, 4) is 5.75 Å². The molecule has 0 spiro atoms. The maximum atomic E-state index is 14.7. The molecule has 134 valence electrons. The van der Waals surface area contributed by atoms with Gasteiger partial charge in [-0.05, 0) is 30.7 Å². The zero-order chi connectivity index (χ0) is 18.4. The number of nitrogens with zero attached hydrogens (tertiary/aromatic N) is 3. The predicted molar refractivity (Wildman–Crippen MR) is 93.4 cm³/mol. The molecule has 0 saturated heterocycles. The minimum absolute atomic E-state index is 0.000746. The molecule has 2 heterocycles. The lowest BCUT2D eigenvalue weighted by molar-refractivity contribution is 0.311. The molecule has 0 aliphatic carbocycles. The van der Waals surface area contributed by atoms with E-state index >= 15 is 0 Å². The molecule has 2 aromatic carbocycles. The number of nitrogens with two attached hydrogens (primary N) is 1. The van der Waals surface area contributed by atoms with Crippen molar-refractivity contribution in [2.45, 2.75) is 13.6 Å². The van der Waals surface area contributed by atoms with E-state index < -0.39 is 11.6 Å². The molecule has 4 rings (SSSR count). The van der Waals surface area contributed by atoms with Gasteiger partial charge in [-0.25, -0.2) is 8.78 Å². The van der Waals surface area contributed by atoms with Gasteiger partial charge in [-0.15, -0.1) is 0 Å². The van der Waals surface area contributed by atoms with Gasteiger partial charge in [-0.3, -0.25) is 9.98 Å². The summed E-state index contributed by atoms with van der Waals surface area (Å²) in [4.78, 5) is 6.00. The van der Waals surface area contributed by atoms with Crippen LogP contribution >= 0.6 is 0 Å². The van der Waals surface area contributed by atoms with Crippen molar-refractivity contribution >= 4 is 22.4 Å². The van der Waals surface area contributed by atoms with E-state index in [1.807, 2.05) is 25.1 Å². The molecule has 0 saturated carbocycles. The van der Waals surface area contributed by atoms with Crippen LogP contribution in [0.1, 0.15) is 5.56 Å². The Hall–Kier alpha value is -3.00. The van der Waals surface area contributed by atoms with E-state index in [2.05, 4.69) is 4.98 Å². The fourth-order valence-corrected chi connectivity index (χ4v) is 3.31. The number of aryl methyl sites for hydroxylation is 1. The molecule has 0 fully saturated rings. The van der Waals surface area contributed by atoms with Crippen LogP contribution in [0.2, 0.25) is 0 Å². The summed E-state index contributed by atoms with van der Waals surface area (Å²) in [5, 5.41) is 8.16. The summed E-state index contributed by atoms with van der Waals surface area (Å²) in [7, 11) is 0. The SMILES string of the molecule is Cc1cccc2c1OCCN2c1nc(=N)n(CN)c2ccc(F)c(F)c12. The van der Waals surface area contributed by atoms with Crippen LogP contribution in [0.5, 0.6) is 5.75 Å². The first-order valence-electron chi connectivity index (χ1n) is 8.16. The Morgan fingerprint density at radius 1 is 1.27 bits per heavy atom. The fraction of sp³-hybridized carbons (Fsp3) is 0.222. The highest BCUT2D eigenvalue weighted by Crippen LogP contribution is 2.40. The topological polar surface area (TPSA) is 80.2 Å². The normalized spacial score (nSPS) is 13.6. The molecular formula is C18H17F2N5O. The number of nitrogens with one attached hydrogen (secondary N) is 1. The van der Waals surface area contributed by atoms with Crippen LogP contribution in [0.25, 0.3) is 10.9 Å². The van der Waals surface area contributed by atoms with Gasteiger partial charge < -0.3 is 15.4 Å². The lowest BCUT2D eigenvalue weighted by Crippen LogP contribution is -2.34. The van der Waals surface area contributed by atoms with E-state index in [1.165, 1.54) is 10.6 Å². The molecule has 6 nitrogen and oxygen atoms in total. The minimum atomic E-state index is -1.01. The second-order valence-electron chi connectivity index (χ2n) is 6.05. The molecule has 0 amide bonds. The van der Waals surface area contributed by atoms with Crippen molar-refractivity contribution in [1.29, 1.82) is 5.41 Å². The molecule has 0 atom stereocenters. The quantitative estimate of drug-likeness (QED) is 0.739. The Balaban J connectivity index is 2.07. The predicted octanol–water partition coefficient (Wildman–Crippen LogP) is 2.55. The van der Waals surface area contributed by atoms with Crippen LogP contribution in [0, 0.1) is 24.0 Å². The third-order valence-corrected chi connectivity index (χ3v) is 4.54. The Labute approximate surface area is 148 Å². The van der Waals surface area contributed by atoms with E-state index in [1.54, 1.807) is 4.90 Å². The molecular weight excluding hydrogens is 340 g/mol. The Morgan fingerprint density at radius 2 is 2.08 bits per heavy atom. The van der Waals surface area contributed by atoms with Crippen LogP contribution in [-0.4, -0.2) is 22.7 Å². The zero-order valence-corrected chi connectivity index (χ0v) is 14.1. The first-order chi connectivity index (χ1) is 12.5. The molecule has 0 unspecified atom stereocenters. The number of benzene rings is 2. The summed E-state index contributed by atoms with van der Waals surface area (Å²) in [6.45, 7) is 2.63. The van der Waals surface area contributed by atoms with Crippen molar-refractivity contribution in [3.05, 3.63) is 53.1 Å². The molecule has 3 N–H and O–H groups in total. The first-order valence-corrected chi connectivity index (χ1v) is 8.16. The number of para-hydroxylation sites is 1. The van der Waals surface area contributed by atoms with Gasteiger partial charge in [0.1, 0.15) is 18.2 Å². The van der Waals surface area contributed by atoms with E-state index in [0.29, 0.717) is 30.1 Å². The highest BCUT2D eigenvalue weighted by Gasteiger charge is 2.26. The van der Waals surface area contributed by atoms with E-state index in [0.717, 1.165) is 11.6 Å². The Bertz CT molecular complexity index is 1080. The number of fused-ring (bicyclic) bond motifs is 2. The summed E-state index contributed by atoms with van der Waals surface area (Å²) in [6, 6.07) is 8.06. The number of halogens is 2. The minimum Gasteiger partial charge on any atom is -0.489 e. The number of ether oxygens (including phenoxy) is 1. The van der Waals surface area contributed by atoms with Crippen LogP contribution < -0.4 is 21.0 Å². The van der Waals surface area contributed by atoms with Gasteiger partial charge >= 0.3 is 0 Å². The van der Waals surface area contributed by atoms with Crippen molar-refractivity contribution in [2.24, 2.45) is 5.73 Å². The number of anilines is 2. The summed E-state index contributed by atoms with van der Waals surface area (Å²) in [5.74, 6) is -1.12. The lowest BCUT2D eigenvalue weighted by Gasteiger charge is -2.32. The third-order valence-electron chi connectivity index (χ3n) is 4.54. The van der Waals surface area contributed by atoms with Gasteiger partial charge in [0.15, 0.2) is 11.6 Å². The average molecular weight is 357 g/mol. The van der Waals surface area contributed by atoms with Crippen molar-refractivity contribution in [1.82, 2.24) is 9.55 Å². The maximum Gasteiger partial charge on any atom is 0.225 e. The van der Waals surface area contributed by atoms with Crippen LogP contribution in [0.4, 0.5) is 20.3 Å². The van der Waals surface area contributed by atoms with E-state index in [-0.39, 0.29) is 23.5 Å². The molecule has 0 bridgehead atoms. The van der Waals surface area contributed by atoms with Crippen molar-refractivity contribution in [2.75, 3.05) is 18.1 Å². The first kappa shape index (κ1) is 16.5. The maximum absolute atomic E-state index is 14.7. The Morgan fingerprint density at radius 3 is 2.85 bits per heavy atom. The number of aromatic nitrogens is 2. The smallest absolute Gasteiger partial charge is 0.225 e. The number of hydrogen-bond acceptors (Lipinski definition) is 5. The molecule has 1 aliphatic heterocycles. The zero-order valence-electron chi connectivity index (χ0n) is 14.1. The third kappa shape index (κ3) is 2.33. The largest absolute Gasteiger partial charge is 0.489 e. The second kappa shape index (κ2) is 6.06. The molecule has 26 heavy (non-hydrogen) atoms. The van der Waals surface area contributed by atoms with Gasteiger partial charge in [0, 0.05) is 0 Å². The number of rotatable bonds is 2. The molecule has 8 heteroatoms. The molecule has 3 aromatic rings. The summed E-state index contributed by atoms with van der Waals surface area (Å²) in [6.07, 6.45) is 0. The van der Waals surface area contributed by atoms with Crippen LogP contribution in [-0.2, 0) is 6.67 Å². The van der Waals surface area contributed by atoms with Crippen molar-refractivity contribution < 1.29 is 13.5 Å².